The molecule has 0 fully saturated rings. The first-order valence-electron chi connectivity index (χ1n) is 8.60. The maximum absolute atomic E-state index is 12.2. The average Bonchev–Trinajstić information content (AvgIpc) is 2.67. The fourth-order valence-corrected chi connectivity index (χ4v) is 3.70. The molecule has 27 heavy (non-hydrogen) atoms. The molecule has 2 atom stereocenters. The van der Waals surface area contributed by atoms with E-state index >= 15 is 0 Å². The third-order valence-corrected chi connectivity index (χ3v) is 5.32. The van der Waals surface area contributed by atoms with E-state index in [1.807, 2.05) is 54.6 Å². The second kappa shape index (κ2) is 8.73. The first kappa shape index (κ1) is 19.0. The molecule has 2 N–H and O–H groups in total. The number of hydrogen-bond acceptors (Lipinski definition) is 5. The standard InChI is InChI=1S/C20H20N2O4S/c1-13(19(24)21-12-14-7-3-2-4-8-14)26-18(23)11-17-20(25)22-15-9-5-6-10-16(15)27-17/h2-10,13,17H,11-12H2,1H3,(H,21,24)(H,22,25)/t13-,17+/m1/s1. The Hall–Kier alpha value is -2.80. The molecular formula is C20H20N2O4S. The van der Waals surface area contributed by atoms with Gasteiger partial charge >= 0.3 is 5.97 Å². The number of thioether (sulfide) groups is 1. The van der Waals surface area contributed by atoms with E-state index in [2.05, 4.69) is 10.6 Å². The van der Waals surface area contributed by atoms with Crippen LogP contribution in [0, 0.1) is 0 Å². The fraction of sp³-hybridized carbons (Fsp3) is 0.250. The van der Waals surface area contributed by atoms with Crippen molar-refractivity contribution >= 4 is 35.2 Å². The van der Waals surface area contributed by atoms with Gasteiger partial charge in [0.1, 0.15) is 0 Å². The highest BCUT2D eigenvalue weighted by Gasteiger charge is 2.30. The van der Waals surface area contributed by atoms with Gasteiger partial charge in [0, 0.05) is 11.4 Å². The van der Waals surface area contributed by atoms with Gasteiger partial charge in [0.15, 0.2) is 6.10 Å². The van der Waals surface area contributed by atoms with Crippen LogP contribution in [0.4, 0.5) is 5.69 Å². The normalized spacial score (nSPS) is 16.6. The highest BCUT2D eigenvalue weighted by Crippen LogP contribution is 2.36. The van der Waals surface area contributed by atoms with Gasteiger partial charge in [-0.05, 0) is 24.6 Å². The number of amides is 2. The number of benzene rings is 2. The van der Waals surface area contributed by atoms with E-state index in [9.17, 15) is 14.4 Å². The third kappa shape index (κ3) is 5.10. The molecule has 6 nitrogen and oxygen atoms in total. The molecule has 3 rings (SSSR count). The molecule has 2 aromatic carbocycles. The molecule has 0 radical (unpaired) electrons. The van der Waals surface area contributed by atoms with Crippen molar-refractivity contribution in [2.45, 2.75) is 36.1 Å². The lowest BCUT2D eigenvalue weighted by Gasteiger charge is -2.23. The van der Waals surface area contributed by atoms with Crippen LogP contribution in [0.2, 0.25) is 0 Å². The number of ether oxygens (including phenoxy) is 1. The predicted molar refractivity (Wildman–Crippen MR) is 103 cm³/mol. The van der Waals surface area contributed by atoms with Crippen molar-refractivity contribution in [1.29, 1.82) is 0 Å². The van der Waals surface area contributed by atoms with Crippen molar-refractivity contribution in [2.24, 2.45) is 0 Å². The van der Waals surface area contributed by atoms with Gasteiger partial charge in [0.2, 0.25) is 5.91 Å². The predicted octanol–water partition coefficient (Wildman–Crippen LogP) is 2.74. The molecule has 7 heteroatoms. The van der Waals surface area contributed by atoms with Crippen molar-refractivity contribution < 1.29 is 19.1 Å². The minimum Gasteiger partial charge on any atom is -0.453 e. The van der Waals surface area contributed by atoms with Gasteiger partial charge < -0.3 is 15.4 Å². The monoisotopic (exact) mass is 384 g/mol. The molecule has 2 amide bonds. The summed E-state index contributed by atoms with van der Waals surface area (Å²) in [6, 6.07) is 16.9. The van der Waals surface area contributed by atoms with Gasteiger partial charge in [-0.3, -0.25) is 14.4 Å². The Bertz CT molecular complexity index is 841. The minimum atomic E-state index is -0.926. The number of esters is 1. The van der Waals surface area contributed by atoms with E-state index in [4.69, 9.17) is 4.74 Å². The molecule has 0 unspecified atom stereocenters. The molecule has 1 aliphatic rings. The molecule has 0 saturated heterocycles. The molecule has 0 spiro atoms. The van der Waals surface area contributed by atoms with Crippen LogP contribution in [0.3, 0.4) is 0 Å². The number of fused-ring (bicyclic) bond motifs is 1. The lowest BCUT2D eigenvalue weighted by Crippen LogP contribution is -2.37. The summed E-state index contributed by atoms with van der Waals surface area (Å²) in [7, 11) is 0. The number of hydrogen-bond donors (Lipinski definition) is 2. The second-order valence-electron chi connectivity index (χ2n) is 6.13. The van der Waals surface area contributed by atoms with E-state index in [-0.39, 0.29) is 18.2 Å². The largest absolute Gasteiger partial charge is 0.453 e. The van der Waals surface area contributed by atoms with Crippen molar-refractivity contribution in [3.05, 3.63) is 60.2 Å². The molecule has 2 aromatic rings. The van der Waals surface area contributed by atoms with Gasteiger partial charge in [0.05, 0.1) is 17.4 Å². The Morgan fingerprint density at radius 2 is 1.85 bits per heavy atom. The summed E-state index contributed by atoms with van der Waals surface area (Å²) in [5, 5.41) is 4.94. The second-order valence-corrected chi connectivity index (χ2v) is 7.38. The Labute approximate surface area is 161 Å². The Morgan fingerprint density at radius 3 is 2.63 bits per heavy atom. The van der Waals surface area contributed by atoms with Crippen LogP contribution in [0.15, 0.2) is 59.5 Å². The number of anilines is 1. The quantitative estimate of drug-likeness (QED) is 0.748. The van der Waals surface area contributed by atoms with E-state index in [1.165, 1.54) is 18.7 Å². The Morgan fingerprint density at radius 1 is 1.15 bits per heavy atom. The van der Waals surface area contributed by atoms with Crippen molar-refractivity contribution in [2.75, 3.05) is 5.32 Å². The summed E-state index contributed by atoms with van der Waals surface area (Å²) in [5.41, 5.74) is 1.70. The number of carbonyl (C=O) groups excluding carboxylic acids is 3. The van der Waals surface area contributed by atoms with E-state index in [0.717, 1.165) is 16.1 Å². The Kier molecular flexibility index (Phi) is 6.13. The smallest absolute Gasteiger partial charge is 0.308 e. The highest BCUT2D eigenvalue weighted by atomic mass is 32.2. The summed E-state index contributed by atoms with van der Waals surface area (Å²) in [6.07, 6.45) is -1.02. The van der Waals surface area contributed by atoms with Crippen LogP contribution < -0.4 is 10.6 Å². The zero-order chi connectivity index (χ0) is 19.2. The Balaban J connectivity index is 1.48. The van der Waals surface area contributed by atoms with Crippen LogP contribution in [-0.2, 0) is 25.7 Å². The lowest BCUT2D eigenvalue weighted by molar-refractivity contribution is -0.155. The molecular weight excluding hydrogens is 364 g/mol. The summed E-state index contributed by atoms with van der Waals surface area (Å²) < 4.78 is 5.20. The van der Waals surface area contributed by atoms with Crippen molar-refractivity contribution in [1.82, 2.24) is 5.32 Å². The van der Waals surface area contributed by atoms with Gasteiger partial charge in [-0.25, -0.2) is 0 Å². The number of para-hydroxylation sites is 1. The van der Waals surface area contributed by atoms with E-state index in [0.29, 0.717) is 6.54 Å². The summed E-state index contributed by atoms with van der Waals surface area (Å²) >= 11 is 1.32. The summed E-state index contributed by atoms with van der Waals surface area (Å²) in [5.74, 6) is -1.19. The number of nitrogens with one attached hydrogen (secondary N) is 2. The molecule has 140 valence electrons. The average molecular weight is 384 g/mol. The van der Waals surface area contributed by atoms with Crippen LogP contribution in [-0.4, -0.2) is 29.1 Å². The van der Waals surface area contributed by atoms with Gasteiger partial charge in [-0.2, -0.15) is 0 Å². The number of carbonyl (C=O) groups is 3. The van der Waals surface area contributed by atoms with E-state index in [1.54, 1.807) is 0 Å². The summed E-state index contributed by atoms with van der Waals surface area (Å²) in [6.45, 7) is 1.88. The maximum Gasteiger partial charge on any atom is 0.308 e. The summed E-state index contributed by atoms with van der Waals surface area (Å²) in [4.78, 5) is 37.3. The lowest BCUT2D eigenvalue weighted by atomic mass is 10.2. The topological polar surface area (TPSA) is 84.5 Å². The van der Waals surface area contributed by atoms with Gasteiger partial charge in [0.25, 0.3) is 5.91 Å². The first-order chi connectivity index (χ1) is 13.0. The van der Waals surface area contributed by atoms with Crippen molar-refractivity contribution in [3.8, 4) is 0 Å². The first-order valence-corrected chi connectivity index (χ1v) is 9.48. The van der Waals surface area contributed by atoms with Crippen LogP contribution in [0.1, 0.15) is 18.9 Å². The van der Waals surface area contributed by atoms with Gasteiger partial charge in [-0.1, -0.05) is 42.5 Å². The zero-order valence-electron chi connectivity index (χ0n) is 14.8. The highest BCUT2D eigenvalue weighted by molar-refractivity contribution is 8.01. The minimum absolute atomic E-state index is 0.0961. The van der Waals surface area contributed by atoms with Crippen LogP contribution in [0.25, 0.3) is 0 Å². The molecule has 1 aliphatic heterocycles. The van der Waals surface area contributed by atoms with Gasteiger partial charge in [-0.15, -0.1) is 11.8 Å². The molecule has 0 aromatic heterocycles. The van der Waals surface area contributed by atoms with Crippen LogP contribution >= 0.6 is 11.8 Å². The molecule has 0 aliphatic carbocycles. The van der Waals surface area contributed by atoms with Crippen LogP contribution in [0.5, 0.6) is 0 Å². The SMILES string of the molecule is C[C@@H](OC(=O)C[C@@H]1Sc2ccccc2NC1=O)C(=O)NCc1ccccc1. The molecule has 0 saturated carbocycles. The number of rotatable bonds is 6. The third-order valence-electron chi connectivity index (χ3n) is 4.05. The molecule has 1 heterocycles. The maximum atomic E-state index is 12.2. The van der Waals surface area contributed by atoms with Crippen molar-refractivity contribution in [3.63, 3.8) is 0 Å². The van der Waals surface area contributed by atoms with E-state index < -0.39 is 17.3 Å². The zero-order valence-corrected chi connectivity index (χ0v) is 15.6. The molecule has 0 bridgehead atoms. The fourth-order valence-electron chi connectivity index (χ4n) is 2.61.